The monoisotopic (exact) mass is 210 g/mol. The summed E-state index contributed by atoms with van der Waals surface area (Å²) >= 11 is 0. The first-order valence-corrected chi connectivity index (χ1v) is 5.75. The Labute approximate surface area is 89.6 Å². The van der Waals surface area contributed by atoms with Crippen molar-refractivity contribution in [1.82, 2.24) is 0 Å². The fourth-order valence-electron chi connectivity index (χ4n) is 1.54. The van der Waals surface area contributed by atoms with Crippen LogP contribution >= 0.6 is 9.47 Å². The van der Waals surface area contributed by atoms with Gasteiger partial charge in [0.15, 0.2) is 0 Å². The van der Waals surface area contributed by atoms with Crippen molar-refractivity contribution in [3.63, 3.8) is 0 Å². The number of hydrogen-bond donors (Lipinski definition) is 0. The first-order valence-electron chi connectivity index (χ1n) is 5.28. The Bertz CT molecular complexity index is 249. The molecule has 0 aliphatic heterocycles. The van der Waals surface area contributed by atoms with Crippen LogP contribution in [0.3, 0.4) is 0 Å². The molecule has 2 unspecified atom stereocenters. The highest BCUT2D eigenvalue weighted by atomic mass is 31.0. The Hall–Kier alpha value is -0.310. The molecule has 1 fully saturated rings. The molecule has 0 spiro atoms. The van der Waals surface area contributed by atoms with E-state index in [1.807, 2.05) is 19.1 Å². The molecular formula is C12H19OP. The first-order chi connectivity index (χ1) is 6.77. The van der Waals surface area contributed by atoms with Crippen LogP contribution in [0.5, 0.6) is 0 Å². The zero-order valence-electron chi connectivity index (χ0n) is 8.99. The van der Waals surface area contributed by atoms with Crippen molar-refractivity contribution in [3.05, 3.63) is 12.2 Å². The third-order valence-electron chi connectivity index (χ3n) is 2.72. The van der Waals surface area contributed by atoms with Crippen LogP contribution in [-0.4, -0.2) is 6.10 Å². The third kappa shape index (κ3) is 4.27. The average molecular weight is 210 g/mol. The summed E-state index contributed by atoms with van der Waals surface area (Å²) in [6.45, 7) is 4.25. The number of allylic oxidation sites excluding steroid dienone is 1. The van der Waals surface area contributed by atoms with Crippen LogP contribution in [-0.2, 0) is 4.52 Å². The lowest BCUT2D eigenvalue weighted by molar-refractivity contribution is 0.319. The van der Waals surface area contributed by atoms with E-state index in [1.54, 1.807) is 0 Å². The van der Waals surface area contributed by atoms with Crippen LogP contribution < -0.4 is 0 Å². The summed E-state index contributed by atoms with van der Waals surface area (Å²) in [5.41, 5.74) is 0. The van der Waals surface area contributed by atoms with E-state index in [0.717, 1.165) is 18.3 Å². The quantitative estimate of drug-likeness (QED) is 0.511. The second-order valence-corrected chi connectivity index (χ2v) is 4.16. The third-order valence-corrected chi connectivity index (χ3v) is 3.15. The smallest absolute Gasteiger partial charge is 0.0772 e. The molecule has 2 heteroatoms. The van der Waals surface area contributed by atoms with E-state index in [-0.39, 0.29) is 6.10 Å². The van der Waals surface area contributed by atoms with Crippen LogP contribution in [0.15, 0.2) is 12.2 Å². The largest absolute Gasteiger partial charge is 0.359 e. The highest BCUT2D eigenvalue weighted by Crippen LogP contribution is 2.43. The summed E-state index contributed by atoms with van der Waals surface area (Å²) in [4.78, 5) is 0. The van der Waals surface area contributed by atoms with Crippen LogP contribution in [0.4, 0.5) is 0 Å². The van der Waals surface area contributed by atoms with Crippen molar-refractivity contribution in [2.75, 3.05) is 0 Å². The van der Waals surface area contributed by atoms with E-state index in [1.165, 1.54) is 12.8 Å². The molecule has 0 N–H and O–H groups in total. The molecule has 1 nitrogen and oxygen atoms in total. The van der Waals surface area contributed by atoms with Gasteiger partial charge >= 0.3 is 0 Å². The Morgan fingerprint density at radius 3 is 2.93 bits per heavy atom. The van der Waals surface area contributed by atoms with Crippen molar-refractivity contribution < 1.29 is 4.52 Å². The van der Waals surface area contributed by atoms with Gasteiger partial charge < -0.3 is 4.52 Å². The van der Waals surface area contributed by atoms with Gasteiger partial charge in [-0.15, -0.1) is 0 Å². The Morgan fingerprint density at radius 2 is 2.36 bits per heavy atom. The van der Waals surface area contributed by atoms with E-state index >= 15 is 0 Å². The van der Waals surface area contributed by atoms with Gasteiger partial charge in [0.2, 0.25) is 0 Å². The van der Waals surface area contributed by atoms with Gasteiger partial charge in [-0.25, -0.2) is 0 Å². The molecule has 1 aliphatic carbocycles. The molecule has 0 aromatic rings. The second kappa shape index (κ2) is 6.23. The maximum atomic E-state index is 4.99. The van der Waals surface area contributed by atoms with Gasteiger partial charge in [-0.3, -0.25) is 0 Å². The van der Waals surface area contributed by atoms with Gasteiger partial charge in [-0.05, 0) is 37.3 Å². The SMILES string of the molecule is CC[C@H]1C[C@@H]1CC#C/C=C/C(C)OP. The summed E-state index contributed by atoms with van der Waals surface area (Å²) in [5.74, 6) is 8.08. The maximum absolute atomic E-state index is 4.99. The van der Waals surface area contributed by atoms with Crippen LogP contribution in [0.1, 0.15) is 33.1 Å². The van der Waals surface area contributed by atoms with Crippen LogP contribution in [0, 0.1) is 23.7 Å². The normalized spacial score (nSPS) is 27.1. The van der Waals surface area contributed by atoms with Crippen molar-refractivity contribution in [2.24, 2.45) is 11.8 Å². The zero-order valence-corrected chi connectivity index (χ0v) is 10.1. The molecule has 0 heterocycles. The lowest BCUT2D eigenvalue weighted by Gasteiger charge is -1.98. The van der Waals surface area contributed by atoms with Crippen molar-refractivity contribution >= 4 is 9.47 Å². The van der Waals surface area contributed by atoms with E-state index in [0.29, 0.717) is 0 Å². The topological polar surface area (TPSA) is 9.23 Å². The first kappa shape index (κ1) is 11.8. The van der Waals surface area contributed by atoms with Gasteiger partial charge in [-0.2, -0.15) is 0 Å². The fraction of sp³-hybridized carbons (Fsp3) is 0.667. The van der Waals surface area contributed by atoms with Gasteiger partial charge in [0.1, 0.15) is 0 Å². The lowest BCUT2D eigenvalue weighted by atomic mass is 10.2. The van der Waals surface area contributed by atoms with E-state index in [2.05, 4.69) is 28.2 Å². The summed E-state index contributed by atoms with van der Waals surface area (Å²) in [6.07, 6.45) is 7.76. The molecule has 0 bridgehead atoms. The predicted molar refractivity (Wildman–Crippen MR) is 63.7 cm³/mol. The minimum Gasteiger partial charge on any atom is -0.359 e. The summed E-state index contributed by atoms with van der Waals surface area (Å²) in [5, 5.41) is 0. The molecule has 78 valence electrons. The molecule has 1 saturated carbocycles. The van der Waals surface area contributed by atoms with E-state index in [9.17, 15) is 0 Å². The van der Waals surface area contributed by atoms with E-state index in [4.69, 9.17) is 4.52 Å². The summed E-state index contributed by atoms with van der Waals surface area (Å²) < 4.78 is 4.99. The van der Waals surface area contributed by atoms with Crippen LogP contribution in [0.2, 0.25) is 0 Å². The average Bonchev–Trinajstić information content (AvgIpc) is 2.95. The minimum absolute atomic E-state index is 0.138. The number of hydrogen-bond acceptors (Lipinski definition) is 1. The van der Waals surface area contributed by atoms with E-state index < -0.39 is 0 Å². The highest BCUT2D eigenvalue weighted by Gasteiger charge is 2.33. The lowest BCUT2D eigenvalue weighted by Crippen LogP contribution is -1.93. The Kier molecular flexibility index (Phi) is 5.23. The Balaban J connectivity index is 2.12. The molecule has 0 aromatic carbocycles. The van der Waals surface area contributed by atoms with Crippen molar-refractivity contribution in [2.45, 2.75) is 39.2 Å². The molecule has 0 amide bonds. The Morgan fingerprint density at radius 1 is 1.57 bits per heavy atom. The zero-order chi connectivity index (χ0) is 10.4. The molecule has 1 rings (SSSR count). The van der Waals surface area contributed by atoms with Crippen molar-refractivity contribution in [3.8, 4) is 11.8 Å². The molecule has 4 atom stereocenters. The van der Waals surface area contributed by atoms with Crippen LogP contribution in [0.25, 0.3) is 0 Å². The molecule has 0 saturated heterocycles. The molecule has 1 aliphatic rings. The number of rotatable bonds is 4. The van der Waals surface area contributed by atoms with Gasteiger partial charge in [-0.1, -0.05) is 25.2 Å². The fourth-order valence-corrected chi connectivity index (χ4v) is 1.63. The molecule has 0 aromatic heterocycles. The predicted octanol–water partition coefficient (Wildman–Crippen LogP) is 3.18. The van der Waals surface area contributed by atoms with Gasteiger partial charge in [0.25, 0.3) is 0 Å². The second-order valence-electron chi connectivity index (χ2n) is 3.89. The summed E-state index contributed by atoms with van der Waals surface area (Å²) in [6, 6.07) is 0. The maximum Gasteiger partial charge on any atom is 0.0772 e. The summed E-state index contributed by atoms with van der Waals surface area (Å²) in [7, 11) is 2.25. The minimum atomic E-state index is 0.138. The van der Waals surface area contributed by atoms with Gasteiger partial charge in [0, 0.05) is 15.9 Å². The molecule has 14 heavy (non-hydrogen) atoms. The highest BCUT2D eigenvalue weighted by molar-refractivity contribution is 7.09. The van der Waals surface area contributed by atoms with Gasteiger partial charge in [0.05, 0.1) is 6.10 Å². The molecular weight excluding hydrogens is 191 g/mol. The molecule has 0 radical (unpaired) electrons. The standard InChI is InChI=1S/C12H19OP/c1-3-11-9-12(11)8-6-4-5-7-10(2)13-14/h5,7,10-12H,3,8-9,14H2,1-2H3/b7-5+/t10?,11-,12-/m0/s1. The van der Waals surface area contributed by atoms with Crippen molar-refractivity contribution in [1.29, 1.82) is 0 Å².